The standard InChI is InChI=1S/C26H27FN8O/c1-15(14-32-22(13-28)30-2)24-23(16-4-7-21(36-3)20(27)10-16)25-31-8-9-34(25)26(33-24)35-18-5-6-19(35)12-17(29)11-18/h4,7-10,14,17-19H,2,5-6,11-12,29H2,1,3H3/b15-14+,32-22?. The van der Waals surface area contributed by atoms with E-state index in [9.17, 15) is 9.65 Å². The van der Waals surface area contributed by atoms with E-state index in [1.165, 1.54) is 19.4 Å². The van der Waals surface area contributed by atoms with Crippen molar-refractivity contribution in [2.45, 2.75) is 50.7 Å². The van der Waals surface area contributed by atoms with E-state index < -0.39 is 5.82 Å². The van der Waals surface area contributed by atoms with Gasteiger partial charge in [0.05, 0.1) is 18.4 Å². The number of aliphatic imine (C=N–C) groups is 2. The molecule has 3 aromatic rings. The van der Waals surface area contributed by atoms with E-state index in [4.69, 9.17) is 15.5 Å². The smallest absolute Gasteiger partial charge is 0.231 e. The van der Waals surface area contributed by atoms with Gasteiger partial charge in [-0.25, -0.2) is 24.3 Å². The average Bonchev–Trinajstić information content (AvgIpc) is 3.46. The molecule has 2 unspecified atom stereocenters. The normalized spacial score (nSPS) is 22.1. The van der Waals surface area contributed by atoms with Crippen LogP contribution in [0.2, 0.25) is 0 Å². The number of nitriles is 1. The van der Waals surface area contributed by atoms with Crippen molar-refractivity contribution in [3.8, 4) is 22.9 Å². The Morgan fingerprint density at radius 1 is 1.33 bits per heavy atom. The minimum atomic E-state index is -0.486. The topological polar surface area (TPSA) is 117 Å². The number of nitrogens with zero attached hydrogens (tertiary/aromatic N) is 7. The first kappa shape index (κ1) is 23.6. The number of imidazole rings is 1. The van der Waals surface area contributed by atoms with E-state index in [0.717, 1.165) is 31.6 Å². The number of rotatable bonds is 5. The molecule has 0 amide bonds. The second-order valence-electron chi connectivity index (χ2n) is 9.16. The highest BCUT2D eigenvalue weighted by molar-refractivity contribution is 6.00. The number of hydrogen-bond donors (Lipinski definition) is 1. The Hall–Kier alpha value is -4.10. The number of aromatic nitrogens is 3. The number of allylic oxidation sites excluding steroid dienone is 1. The lowest BCUT2D eigenvalue weighted by atomic mass is 9.98. The van der Waals surface area contributed by atoms with E-state index in [1.54, 1.807) is 18.3 Å². The van der Waals surface area contributed by atoms with Crippen molar-refractivity contribution in [2.75, 3.05) is 12.0 Å². The summed E-state index contributed by atoms with van der Waals surface area (Å²) in [6.07, 6.45) is 9.07. The molecular formula is C26H27FN8O. The van der Waals surface area contributed by atoms with Crippen LogP contribution in [0, 0.1) is 17.1 Å². The van der Waals surface area contributed by atoms with Gasteiger partial charge in [0, 0.05) is 36.7 Å². The van der Waals surface area contributed by atoms with Gasteiger partial charge in [0.1, 0.15) is 11.7 Å². The molecule has 5 rings (SSSR count). The summed E-state index contributed by atoms with van der Waals surface area (Å²) >= 11 is 0. The number of piperidine rings is 1. The van der Waals surface area contributed by atoms with Gasteiger partial charge in [0.25, 0.3) is 0 Å². The number of amidine groups is 1. The van der Waals surface area contributed by atoms with Gasteiger partial charge in [-0.2, -0.15) is 5.26 Å². The number of anilines is 1. The Labute approximate surface area is 208 Å². The van der Waals surface area contributed by atoms with Gasteiger partial charge in [0.15, 0.2) is 11.6 Å². The summed E-state index contributed by atoms with van der Waals surface area (Å²) in [5, 5.41) is 9.19. The van der Waals surface area contributed by atoms with Crippen LogP contribution in [-0.4, -0.2) is 52.2 Å². The Bertz CT molecular complexity index is 1420. The fourth-order valence-corrected chi connectivity index (χ4v) is 5.39. The van der Waals surface area contributed by atoms with Crippen LogP contribution < -0.4 is 15.4 Å². The Kier molecular flexibility index (Phi) is 6.24. The van der Waals surface area contributed by atoms with Gasteiger partial charge in [-0.15, -0.1) is 0 Å². The van der Waals surface area contributed by atoms with Crippen molar-refractivity contribution < 1.29 is 9.13 Å². The molecule has 2 atom stereocenters. The van der Waals surface area contributed by atoms with Gasteiger partial charge in [-0.1, -0.05) is 6.07 Å². The molecule has 2 aromatic heterocycles. The Morgan fingerprint density at radius 3 is 2.72 bits per heavy atom. The zero-order chi connectivity index (χ0) is 25.4. The summed E-state index contributed by atoms with van der Waals surface area (Å²) < 4.78 is 21.8. The summed E-state index contributed by atoms with van der Waals surface area (Å²) in [6.45, 7) is 5.23. The van der Waals surface area contributed by atoms with E-state index in [2.05, 4.69) is 26.6 Å². The first-order valence-corrected chi connectivity index (χ1v) is 11.8. The molecule has 36 heavy (non-hydrogen) atoms. The lowest BCUT2D eigenvalue weighted by Crippen LogP contribution is -2.48. The first-order valence-electron chi connectivity index (χ1n) is 11.8. The number of halogens is 1. The van der Waals surface area contributed by atoms with E-state index in [1.807, 2.05) is 23.6 Å². The van der Waals surface area contributed by atoms with E-state index in [0.29, 0.717) is 40.1 Å². The molecule has 10 heteroatoms. The number of fused-ring (bicyclic) bond motifs is 3. The monoisotopic (exact) mass is 486 g/mol. The van der Waals surface area contributed by atoms with Crippen LogP contribution in [0.25, 0.3) is 22.3 Å². The largest absolute Gasteiger partial charge is 0.494 e. The molecule has 2 bridgehead atoms. The van der Waals surface area contributed by atoms with E-state index in [-0.39, 0.29) is 17.6 Å². The molecule has 184 valence electrons. The molecule has 2 aliphatic heterocycles. The third-order valence-corrected chi connectivity index (χ3v) is 6.97. The number of nitrogens with two attached hydrogens (primary N) is 1. The molecule has 9 nitrogen and oxygen atoms in total. The number of hydrogen-bond acceptors (Lipinski definition) is 7. The summed E-state index contributed by atoms with van der Waals surface area (Å²) in [5.74, 6) is 0.378. The molecule has 2 saturated heterocycles. The molecule has 1 aromatic carbocycles. The van der Waals surface area contributed by atoms with Gasteiger partial charge in [0.2, 0.25) is 11.8 Å². The fourth-order valence-electron chi connectivity index (χ4n) is 5.39. The van der Waals surface area contributed by atoms with Crippen LogP contribution in [0.5, 0.6) is 5.75 Å². The first-order chi connectivity index (χ1) is 17.4. The predicted molar refractivity (Wildman–Crippen MR) is 138 cm³/mol. The van der Waals surface area contributed by atoms with Crippen LogP contribution in [0.1, 0.15) is 38.3 Å². The van der Waals surface area contributed by atoms with Crippen molar-refractivity contribution in [1.29, 1.82) is 5.26 Å². The SMILES string of the molecule is C=NC(C#N)=N/C=C(\C)c1nc(N2C3CCC2CC(N)C3)n2ccnc2c1-c1ccc(OC)c(F)c1. The van der Waals surface area contributed by atoms with Crippen LogP contribution in [0.4, 0.5) is 10.3 Å². The van der Waals surface area contributed by atoms with Gasteiger partial charge >= 0.3 is 0 Å². The van der Waals surface area contributed by atoms with Crippen LogP contribution in [0.15, 0.2) is 46.8 Å². The van der Waals surface area contributed by atoms with Crippen molar-refractivity contribution in [2.24, 2.45) is 15.7 Å². The lowest BCUT2D eigenvalue weighted by molar-refractivity contribution is 0.386. The molecule has 2 aliphatic rings. The van der Waals surface area contributed by atoms with Crippen molar-refractivity contribution >= 4 is 29.7 Å². The highest BCUT2D eigenvalue weighted by Gasteiger charge is 2.41. The van der Waals surface area contributed by atoms with Crippen molar-refractivity contribution in [1.82, 2.24) is 14.4 Å². The Morgan fingerprint density at radius 2 is 2.08 bits per heavy atom. The third kappa shape index (κ3) is 4.01. The van der Waals surface area contributed by atoms with Crippen LogP contribution >= 0.6 is 0 Å². The summed E-state index contributed by atoms with van der Waals surface area (Å²) in [5.41, 5.74) is 9.48. The maximum absolute atomic E-state index is 14.8. The average molecular weight is 487 g/mol. The molecule has 0 aliphatic carbocycles. The highest BCUT2D eigenvalue weighted by atomic mass is 19.1. The quantitative estimate of drug-likeness (QED) is 0.431. The molecule has 0 saturated carbocycles. The highest BCUT2D eigenvalue weighted by Crippen LogP contribution is 2.41. The molecule has 4 heterocycles. The zero-order valence-electron chi connectivity index (χ0n) is 20.2. The zero-order valence-corrected chi connectivity index (χ0v) is 20.2. The van der Waals surface area contributed by atoms with Gasteiger partial charge < -0.3 is 15.4 Å². The van der Waals surface area contributed by atoms with Crippen LogP contribution in [0.3, 0.4) is 0 Å². The third-order valence-electron chi connectivity index (χ3n) is 6.97. The molecule has 0 spiro atoms. The predicted octanol–water partition coefficient (Wildman–Crippen LogP) is 3.99. The molecular weight excluding hydrogens is 459 g/mol. The second kappa shape index (κ2) is 9.51. The molecule has 2 fully saturated rings. The maximum Gasteiger partial charge on any atom is 0.231 e. The number of ether oxygens (including phenoxy) is 1. The van der Waals surface area contributed by atoms with Gasteiger partial charge in [-0.05, 0) is 62.6 Å². The van der Waals surface area contributed by atoms with Crippen LogP contribution in [-0.2, 0) is 0 Å². The molecule has 2 N–H and O–H groups in total. The lowest BCUT2D eigenvalue weighted by Gasteiger charge is -2.39. The maximum atomic E-state index is 14.8. The second-order valence-corrected chi connectivity index (χ2v) is 9.16. The number of methoxy groups -OCH3 is 1. The minimum absolute atomic E-state index is 0.0587. The van der Waals surface area contributed by atoms with Crippen molar-refractivity contribution in [3.63, 3.8) is 0 Å². The Balaban J connectivity index is 1.75. The summed E-state index contributed by atoms with van der Waals surface area (Å²) in [4.78, 5) is 19.9. The summed E-state index contributed by atoms with van der Waals surface area (Å²) in [6, 6.07) is 7.45. The van der Waals surface area contributed by atoms with E-state index >= 15 is 0 Å². The van der Waals surface area contributed by atoms with Gasteiger partial charge in [-0.3, -0.25) is 4.40 Å². The number of benzene rings is 1. The van der Waals surface area contributed by atoms with Crippen molar-refractivity contribution in [3.05, 3.63) is 48.3 Å². The minimum Gasteiger partial charge on any atom is -0.494 e. The molecule has 0 radical (unpaired) electrons. The summed E-state index contributed by atoms with van der Waals surface area (Å²) in [7, 11) is 1.43. The fraction of sp³-hybridized carbons (Fsp3) is 0.346.